The first-order valence-electron chi connectivity index (χ1n) is 6.37. The molecule has 1 aromatic rings. The van der Waals surface area contributed by atoms with Crippen LogP contribution >= 0.6 is 0 Å². The summed E-state index contributed by atoms with van der Waals surface area (Å²) in [6.45, 7) is 8.82. The normalized spacial score (nSPS) is 18.4. The Labute approximate surface area is 97.5 Å². The van der Waals surface area contributed by atoms with E-state index in [2.05, 4.69) is 40.9 Å². The highest BCUT2D eigenvalue weighted by atomic mass is 15.3. The van der Waals surface area contributed by atoms with E-state index in [-0.39, 0.29) is 0 Å². The summed E-state index contributed by atoms with van der Waals surface area (Å²) in [6, 6.07) is 0.313. The molecule has 0 bridgehead atoms. The van der Waals surface area contributed by atoms with Crippen molar-refractivity contribution < 1.29 is 0 Å². The lowest BCUT2D eigenvalue weighted by atomic mass is 10.1. The van der Waals surface area contributed by atoms with Crippen LogP contribution in [0.1, 0.15) is 51.3 Å². The van der Waals surface area contributed by atoms with Crippen LogP contribution in [0.2, 0.25) is 0 Å². The topological polar surface area (TPSA) is 42.7 Å². The SMILES string of the molecule is CCC(C)CNC(C)c1nnc2n1CCC2. The molecule has 90 valence electrons. The molecule has 1 N–H and O–H groups in total. The maximum atomic E-state index is 4.29. The zero-order chi connectivity index (χ0) is 11.5. The maximum Gasteiger partial charge on any atom is 0.149 e. The number of hydrogen-bond acceptors (Lipinski definition) is 3. The molecule has 2 rings (SSSR count). The number of nitrogens with one attached hydrogen (secondary N) is 1. The summed E-state index contributed by atoms with van der Waals surface area (Å²) in [5.41, 5.74) is 0. The van der Waals surface area contributed by atoms with Gasteiger partial charge in [-0.05, 0) is 25.8 Å². The lowest BCUT2D eigenvalue weighted by Gasteiger charge is -2.16. The van der Waals surface area contributed by atoms with Gasteiger partial charge in [0.15, 0.2) is 0 Å². The summed E-state index contributed by atoms with van der Waals surface area (Å²) in [6.07, 6.45) is 3.53. The zero-order valence-electron chi connectivity index (χ0n) is 10.5. The molecular weight excluding hydrogens is 200 g/mol. The summed E-state index contributed by atoms with van der Waals surface area (Å²) in [5, 5.41) is 12.1. The summed E-state index contributed by atoms with van der Waals surface area (Å²) >= 11 is 0. The number of rotatable bonds is 5. The molecule has 0 fully saturated rings. The number of fused-ring (bicyclic) bond motifs is 1. The fourth-order valence-corrected chi connectivity index (χ4v) is 2.11. The van der Waals surface area contributed by atoms with Crippen molar-refractivity contribution in [2.45, 2.75) is 52.6 Å². The summed E-state index contributed by atoms with van der Waals surface area (Å²) in [5.74, 6) is 2.99. The number of nitrogens with zero attached hydrogens (tertiary/aromatic N) is 3. The Kier molecular flexibility index (Phi) is 3.59. The standard InChI is InChI=1S/C12H22N4/c1-4-9(2)8-13-10(3)12-15-14-11-6-5-7-16(11)12/h9-10,13H,4-8H2,1-3H3. The Morgan fingerprint density at radius 2 is 2.19 bits per heavy atom. The van der Waals surface area contributed by atoms with Gasteiger partial charge in [0.25, 0.3) is 0 Å². The fourth-order valence-electron chi connectivity index (χ4n) is 2.11. The first kappa shape index (κ1) is 11.6. The van der Waals surface area contributed by atoms with Crippen LogP contribution in [0.3, 0.4) is 0 Å². The average molecular weight is 222 g/mol. The molecule has 1 aliphatic rings. The highest BCUT2D eigenvalue weighted by molar-refractivity contribution is 5.03. The Hall–Kier alpha value is -0.900. The highest BCUT2D eigenvalue weighted by Crippen LogP contribution is 2.18. The number of aryl methyl sites for hydroxylation is 1. The predicted molar refractivity (Wildman–Crippen MR) is 64.2 cm³/mol. The first-order valence-corrected chi connectivity index (χ1v) is 6.37. The van der Waals surface area contributed by atoms with Crippen LogP contribution in [0.5, 0.6) is 0 Å². The quantitative estimate of drug-likeness (QED) is 0.827. The van der Waals surface area contributed by atoms with Crippen LogP contribution in [0.15, 0.2) is 0 Å². The van der Waals surface area contributed by atoms with Gasteiger partial charge in [0, 0.05) is 13.0 Å². The molecule has 0 aliphatic carbocycles. The molecule has 2 atom stereocenters. The van der Waals surface area contributed by atoms with Crippen molar-refractivity contribution in [3.63, 3.8) is 0 Å². The molecule has 0 amide bonds. The van der Waals surface area contributed by atoms with E-state index in [0.717, 1.165) is 37.1 Å². The van der Waals surface area contributed by atoms with Crippen molar-refractivity contribution in [2.75, 3.05) is 6.54 Å². The molecule has 2 unspecified atom stereocenters. The van der Waals surface area contributed by atoms with Crippen LogP contribution in [0.4, 0.5) is 0 Å². The maximum absolute atomic E-state index is 4.29. The molecule has 0 radical (unpaired) electrons. The summed E-state index contributed by atoms with van der Waals surface area (Å²) in [7, 11) is 0. The third-order valence-corrected chi connectivity index (χ3v) is 3.49. The molecule has 0 spiro atoms. The molecule has 1 aliphatic heterocycles. The van der Waals surface area contributed by atoms with Gasteiger partial charge < -0.3 is 9.88 Å². The fraction of sp³-hybridized carbons (Fsp3) is 0.833. The van der Waals surface area contributed by atoms with Gasteiger partial charge in [-0.25, -0.2) is 0 Å². The van der Waals surface area contributed by atoms with E-state index in [9.17, 15) is 0 Å². The largest absolute Gasteiger partial charge is 0.314 e. The van der Waals surface area contributed by atoms with Gasteiger partial charge in [-0.1, -0.05) is 20.3 Å². The van der Waals surface area contributed by atoms with Crippen molar-refractivity contribution in [3.05, 3.63) is 11.6 Å². The molecule has 4 heteroatoms. The van der Waals surface area contributed by atoms with E-state index in [1.807, 2.05) is 0 Å². The molecule has 16 heavy (non-hydrogen) atoms. The molecule has 1 aromatic heterocycles. The van der Waals surface area contributed by atoms with E-state index in [4.69, 9.17) is 0 Å². The predicted octanol–water partition coefficient (Wildman–Crippen LogP) is 1.92. The van der Waals surface area contributed by atoms with Crippen molar-refractivity contribution >= 4 is 0 Å². The van der Waals surface area contributed by atoms with Crippen LogP contribution < -0.4 is 5.32 Å². The Balaban J connectivity index is 1.96. The van der Waals surface area contributed by atoms with Gasteiger partial charge in [0.05, 0.1) is 6.04 Å². The van der Waals surface area contributed by atoms with Crippen LogP contribution in [-0.2, 0) is 13.0 Å². The number of aromatic nitrogens is 3. The van der Waals surface area contributed by atoms with Gasteiger partial charge in [-0.2, -0.15) is 0 Å². The van der Waals surface area contributed by atoms with Gasteiger partial charge in [-0.15, -0.1) is 10.2 Å². The average Bonchev–Trinajstić information content (AvgIpc) is 2.86. The van der Waals surface area contributed by atoms with Crippen LogP contribution in [-0.4, -0.2) is 21.3 Å². The van der Waals surface area contributed by atoms with E-state index in [1.165, 1.54) is 12.8 Å². The van der Waals surface area contributed by atoms with Crippen LogP contribution in [0, 0.1) is 5.92 Å². The zero-order valence-corrected chi connectivity index (χ0v) is 10.5. The second-order valence-electron chi connectivity index (χ2n) is 4.87. The van der Waals surface area contributed by atoms with Gasteiger partial charge >= 0.3 is 0 Å². The molecule has 4 nitrogen and oxygen atoms in total. The van der Waals surface area contributed by atoms with Gasteiger partial charge in [0.1, 0.15) is 11.6 Å². The van der Waals surface area contributed by atoms with E-state index in [1.54, 1.807) is 0 Å². The molecule has 0 saturated heterocycles. The van der Waals surface area contributed by atoms with E-state index >= 15 is 0 Å². The Morgan fingerprint density at radius 3 is 2.94 bits per heavy atom. The second-order valence-corrected chi connectivity index (χ2v) is 4.87. The third kappa shape index (κ3) is 2.26. The smallest absolute Gasteiger partial charge is 0.149 e. The highest BCUT2D eigenvalue weighted by Gasteiger charge is 2.20. The molecule has 0 aromatic carbocycles. The van der Waals surface area contributed by atoms with Crippen molar-refractivity contribution in [1.82, 2.24) is 20.1 Å². The van der Waals surface area contributed by atoms with Crippen molar-refractivity contribution in [2.24, 2.45) is 5.92 Å². The van der Waals surface area contributed by atoms with Gasteiger partial charge in [0.2, 0.25) is 0 Å². The third-order valence-electron chi connectivity index (χ3n) is 3.49. The Bertz CT molecular complexity index is 345. The Morgan fingerprint density at radius 1 is 1.38 bits per heavy atom. The monoisotopic (exact) mass is 222 g/mol. The minimum absolute atomic E-state index is 0.313. The summed E-state index contributed by atoms with van der Waals surface area (Å²) in [4.78, 5) is 0. The minimum Gasteiger partial charge on any atom is -0.314 e. The van der Waals surface area contributed by atoms with Crippen molar-refractivity contribution in [3.8, 4) is 0 Å². The molecular formula is C12H22N4. The van der Waals surface area contributed by atoms with Gasteiger partial charge in [-0.3, -0.25) is 0 Å². The number of hydrogen-bond donors (Lipinski definition) is 1. The molecule has 2 heterocycles. The van der Waals surface area contributed by atoms with Crippen molar-refractivity contribution in [1.29, 1.82) is 0 Å². The second kappa shape index (κ2) is 4.95. The summed E-state index contributed by atoms with van der Waals surface area (Å²) < 4.78 is 2.27. The first-order chi connectivity index (χ1) is 7.72. The minimum atomic E-state index is 0.313. The van der Waals surface area contributed by atoms with E-state index < -0.39 is 0 Å². The lowest BCUT2D eigenvalue weighted by molar-refractivity contribution is 0.441. The van der Waals surface area contributed by atoms with Crippen LogP contribution in [0.25, 0.3) is 0 Å². The lowest BCUT2D eigenvalue weighted by Crippen LogP contribution is -2.26. The molecule has 0 saturated carbocycles. The van der Waals surface area contributed by atoms with E-state index in [0.29, 0.717) is 6.04 Å².